The van der Waals surface area contributed by atoms with Gasteiger partial charge >= 0.3 is 5.69 Å². The highest BCUT2D eigenvalue weighted by Crippen LogP contribution is 2.36. The Labute approximate surface area is 153 Å². The summed E-state index contributed by atoms with van der Waals surface area (Å²) in [4.78, 5) is 21.4. The average molecular weight is 367 g/mol. The number of rotatable bonds is 3. The van der Waals surface area contributed by atoms with Crippen LogP contribution in [0.4, 0.5) is 5.82 Å². The van der Waals surface area contributed by atoms with Gasteiger partial charge in [-0.2, -0.15) is 4.98 Å². The Balaban J connectivity index is 1.94. The van der Waals surface area contributed by atoms with Crippen LogP contribution in [0.1, 0.15) is 18.4 Å². The van der Waals surface area contributed by atoms with Crippen LogP contribution in [0.5, 0.6) is 0 Å². The van der Waals surface area contributed by atoms with Crippen LogP contribution in [0, 0.1) is 6.92 Å². The fraction of sp³-hybridized carbons (Fsp3) is 0.211. The molecule has 1 N–H and O–H groups in total. The summed E-state index contributed by atoms with van der Waals surface area (Å²) in [5.41, 5.74) is 3.09. The molecule has 26 heavy (non-hydrogen) atoms. The zero-order valence-electron chi connectivity index (χ0n) is 14.0. The number of nitrogens with zero attached hydrogens (tertiary/aromatic N) is 3. The highest BCUT2D eigenvalue weighted by atomic mass is 35.5. The molecule has 4 aromatic rings. The third-order valence-electron chi connectivity index (χ3n) is 4.63. The first-order valence-electron chi connectivity index (χ1n) is 8.44. The van der Waals surface area contributed by atoms with Gasteiger partial charge in [0.1, 0.15) is 11.1 Å². The predicted octanol–water partition coefficient (Wildman–Crippen LogP) is 4.06. The first kappa shape index (κ1) is 15.4. The monoisotopic (exact) mass is 366 g/mol. The van der Waals surface area contributed by atoms with Crippen LogP contribution in [0.3, 0.4) is 0 Å². The number of aryl methyl sites for hydroxylation is 1. The molecule has 0 saturated heterocycles. The van der Waals surface area contributed by atoms with E-state index >= 15 is 0 Å². The fourth-order valence-electron chi connectivity index (χ4n) is 3.16. The molecule has 0 atom stereocenters. The minimum absolute atomic E-state index is 0.345. The molecule has 0 spiro atoms. The second kappa shape index (κ2) is 5.57. The number of halogens is 1. The molecule has 0 amide bonds. The molecule has 6 nitrogen and oxygen atoms in total. The Bertz CT molecular complexity index is 1220. The molecular weight excluding hydrogens is 352 g/mol. The van der Waals surface area contributed by atoms with Crippen LogP contribution in [-0.2, 0) is 0 Å². The van der Waals surface area contributed by atoms with Gasteiger partial charge in [-0.1, -0.05) is 11.6 Å². The standard InChI is InChI=1S/C19H15ClN4O2/c1-10-6-7-21-9-14(10)24-16-13-8-11(20)2-5-15(13)26-17(16)18(23-19(24)25)22-12-3-4-12/h2,5-9,12H,3-4H2,1H3,(H,22,23,25). The smallest absolute Gasteiger partial charge is 0.354 e. The lowest BCUT2D eigenvalue weighted by Crippen LogP contribution is -2.24. The first-order chi connectivity index (χ1) is 12.6. The lowest BCUT2D eigenvalue weighted by atomic mass is 10.2. The van der Waals surface area contributed by atoms with E-state index in [2.05, 4.69) is 15.3 Å². The van der Waals surface area contributed by atoms with E-state index in [1.54, 1.807) is 23.0 Å². The third kappa shape index (κ3) is 2.37. The first-order valence-corrected chi connectivity index (χ1v) is 8.82. The highest BCUT2D eigenvalue weighted by molar-refractivity contribution is 6.31. The Morgan fingerprint density at radius 2 is 2.15 bits per heavy atom. The largest absolute Gasteiger partial charge is 0.450 e. The predicted molar refractivity (Wildman–Crippen MR) is 101 cm³/mol. The second-order valence-corrected chi connectivity index (χ2v) is 7.02. The van der Waals surface area contributed by atoms with E-state index in [-0.39, 0.29) is 5.69 Å². The number of benzene rings is 1. The van der Waals surface area contributed by atoms with Gasteiger partial charge in [0.2, 0.25) is 0 Å². The summed E-state index contributed by atoms with van der Waals surface area (Å²) in [6.45, 7) is 1.93. The molecule has 1 saturated carbocycles. The molecule has 0 radical (unpaired) electrons. The molecule has 0 aliphatic heterocycles. The van der Waals surface area contributed by atoms with Crippen molar-refractivity contribution in [3.8, 4) is 5.69 Å². The SMILES string of the molecule is Cc1ccncc1-n1c(=O)nc(NC2CC2)c2oc3ccc(Cl)cc3c21. The molecule has 0 unspecified atom stereocenters. The summed E-state index contributed by atoms with van der Waals surface area (Å²) in [7, 11) is 0. The molecule has 1 fully saturated rings. The van der Waals surface area contributed by atoms with Gasteiger partial charge in [-0.25, -0.2) is 4.79 Å². The summed E-state index contributed by atoms with van der Waals surface area (Å²) in [5.74, 6) is 0.484. The van der Waals surface area contributed by atoms with Gasteiger partial charge in [-0.15, -0.1) is 0 Å². The van der Waals surface area contributed by atoms with Crippen molar-refractivity contribution in [3.05, 3.63) is 57.7 Å². The maximum Gasteiger partial charge on any atom is 0.354 e. The van der Waals surface area contributed by atoms with Crippen LogP contribution >= 0.6 is 11.6 Å². The third-order valence-corrected chi connectivity index (χ3v) is 4.87. The number of hydrogen-bond acceptors (Lipinski definition) is 5. The maximum atomic E-state index is 12.9. The number of furan rings is 1. The molecule has 3 aromatic heterocycles. The number of anilines is 1. The Kier molecular flexibility index (Phi) is 3.30. The molecule has 3 heterocycles. The van der Waals surface area contributed by atoms with Crippen molar-refractivity contribution in [1.82, 2.24) is 14.5 Å². The molecule has 1 aromatic carbocycles. The van der Waals surface area contributed by atoms with Crippen molar-refractivity contribution in [2.75, 3.05) is 5.32 Å². The van der Waals surface area contributed by atoms with Gasteiger partial charge in [-0.3, -0.25) is 9.55 Å². The summed E-state index contributed by atoms with van der Waals surface area (Å²) in [6, 6.07) is 7.59. The van der Waals surface area contributed by atoms with Gasteiger partial charge in [0.25, 0.3) is 0 Å². The van der Waals surface area contributed by atoms with Crippen molar-refractivity contribution in [3.63, 3.8) is 0 Å². The Morgan fingerprint density at radius 3 is 2.92 bits per heavy atom. The normalized spacial score (nSPS) is 14.2. The van der Waals surface area contributed by atoms with Crippen molar-refractivity contribution >= 4 is 39.5 Å². The van der Waals surface area contributed by atoms with Crippen LogP contribution in [0.2, 0.25) is 5.02 Å². The van der Waals surface area contributed by atoms with Gasteiger partial charge in [0.05, 0.1) is 11.9 Å². The van der Waals surface area contributed by atoms with Crippen LogP contribution < -0.4 is 11.0 Å². The minimum Gasteiger partial charge on any atom is -0.450 e. The Hall–Kier alpha value is -2.86. The number of pyridine rings is 1. The summed E-state index contributed by atoms with van der Waals surface area (Å²) in [5, 5.41) is 4.65. The van der Waals surface area contributed by atoms with Crippen LogP contribution in [0.15, 0.2) is 45.9 Å². The second-order valence-electron chi connectivity index (χ2n) is 6.58. The van der Waals surface area contributed by atoms with Crippen LogP contribution in [-0.4, -0.2) is 20.6 Å². The maximum absolute atomic E-state index is 12.9. The minimum atomic E-state index is -0.376. The zero-order chi connectivity index (χ0) is 17.8. The number of fused-ring (bicyclic) bond motifs is 3. The lowest BCUT2D eigenvalue weighted by Gasteiger charge is -2.11. The van der Waals surface area contributed by atoms with Gasteiger partial charge in [0, 0.05) is 22.6 Å². The van der Waals surface area contributed by atoms with E-state index in [0.29, 0.717) is 39.3 Å². The molecular formula is C19H15ClN4O2. The van der Waals surface area contributed by atoms with Crippen molar-refractivity contribution in [1.29, 1.82) is 0 Å². The number of aromatic nitrogens is 3. The van der Waals surface area contributed by atoms with Crippen LogP contribution in [0.25, 0.3) is 27.8 Å². The van der Waals surface area contributed by atoms with E-state index in [9.17, 15) is 4.79 Å². The molecule has 1 aliphatic rings. The van der Waals surface area contributed by atoms with Crippen molar-refractivity contribution in [2.24, 2.45) is 0 Å². The molecule has 7 heteroatoms. The topological polar surface area (TPSA) is 73.0 Å². The summed E-state index contributed by atoms with van der Waals surface area (Å²) < 4.78 is 7.61. The number of nitrogens with one attached hydrogen (secondary N) is 1. The van der Waals surface area contributed by atoms with E-state index < -0.39 is 0 Å². The molecule has 1 aliphatic carbocycles. The Morgan fingerprint density at radius 1 is 1.31 bits per heavy atom. The summed E-state index contributed by atoms with van der Waals surface area (Å²) in [6.07, 6.45) is 5.50. The van der Waals surface area contributed by atoms with Crippen molar-refractivity contribution in [2.45, 2.75) is 25.8 Å². The van der Waals surface area contributed by atoms with Gasteiger partial charge < -0.3 is 9.73 Å². The summed E-state index contributed by atoms with van der Waals surface area (Å²) >= 11 is 6.21. The zero-order valence-corrected chi connectivity index (χ0v) is 14.7. The molecule has 5 rings (SSSR count). The van der Waals surface area contributed by atoms with E-state index in [1.807, 2.05) is 25.1 Å². The number of hydrogen-bond donors (Lipinski definition) is 1. The van der Waals surface area contributed by atoms with E-state index in [1.165, 1.54) is 0 Å². The van der Waals surface area contributed by atoms with Crippen molar-refractivity contribution < 1.29 is 4.42 Å². The fourth-order valence-corrected chi connectivity index (χ4v) is 3.34. The molecule has 130 valence electrons. The molecule has 0 bridgehead atoms. The quantitative estimate of drug-likeness (QED) is 0.591. The van der Waals surface area contributed by atoms with Gasteiger partial charge in [0.15, 0.2) is 11.4 Å². The van der Waals surface area contributed by atoms with E-state index in [4.69, 9.17) is 16.0 Å². The van der Waals surface area contributed by atoms with E-state index in [0.717, 1.165) is 23.8 Å². The lowest BCUT2D eigenvalue weighted by molar-refractivity contribution is 0.664. The van der Waals surface area contributed by atoms with Gasteiger partial charge in [-0.05, 0) is 49.6 Å². The highest BCUT2D eigenvalue weighted by Gasteiger charge is 2.26. The average Bonchev–Trinajstić information content (AvgIpc) is 3.36.